The van der Waals surface area contributed by atoms with Crippen LogP contribution in [0.25, 0.3) is 0 Å². The molecule has 2 rings (SSSR count). The van der Waals surface area contributed by atoms with Crippen molar-refractivity contribution >= 4 is 0 Å². The number of hydrogen-bond acceptors (Lipinski definition) is 1. The summed E-state index contributed by atoms with van der Waals surface area (Å²) in [4.78, 5) is 0. The highest BCUT2D eigenvalue weighted by molar-refractivity contribution is 5.30. The fourth-order valence-corrected chi connectivity index (χ4v) is 2.62. The molecule has 0 radical (unpaired) electrons. The summed E-state index contributed by atoms with van der Waals surface area (Å²) in [5.74, 6) is 0. The summed E-state index contributed by atoms with van der Waals surface area (Å²) in [7, 11) is 0. The highest BCUT2D eigenvalue weighted by Crippen LogP contribution is 2.20. The third-order valence-corrected chi connectivity index (χ3v) is 3.66. The van der Waals surface area contributed by atoms with Crippen molar-refractivity contribution in [3.63, 3.8) is 0 Å². The van der Waals surface area contributed by atoms with Gasteiger partial charge < -0.3 is 5.32 Å². The molecule has 1 heteroatoms. The predicted octanol–water partition coefficient (Wildman–Crippen LogP) is 4.73. The van der Waals surface area contributed by atoms with Crippen molar-refractivity contribution in [2.75, 3.05) is 6.54 Å². The minimum atomic E-state index is 0.496. The second-order valence-electron chi connectivity index (χ2n) is 5.30. The van der Waals surface area contributed by atoms with Crippen molar-refractivity contribution in [2.45, 2.75) is 39.2 Å². The maximum Gasteiger partial charge on any atom is 0.0320 e. The predicted molar refractivity (Wildman–Crippen MR) is 87.0 cm³/mol. The van der Waals surface area contributed by atoms with Crippen LogP contribution in [0.5, 0.6) is 0 Å². The van der Waals surface area contributed by atoms with E-state index >= 15 is 0 Å². The first-order chi connectivity index (χ1) is 9.83. The zero-order chi connectivity index (χ0) is 14.2. The van der Waals surface area contributed by atoms with Crippen LogP contribution in [0.4, 0.5) is 0 Å². The Labute approximate surface area is 123 Å². The first kappa shape index (κ1) is 14.8. The number of rotatable bonds is 7. The van der Waals surface area contributed by atoms with Gasteiger partial charge in [0.1, 0.15) is 0 Å². The van der Waals surface area contributed by atoms with Crippen LogP contribution in [0.3, 0.4) is 0 Å². The Morgan fingerprint density at radius 2 is 1.50 bits per heavy atom. The first-order valence-corrected chi connectivity index (χ1v) is 7.69. The quantitative estimate of drug-likeness (QED) is 0.765. The normalized spacial score (nSPS) is 12.3. The molecule has 1 unspecified atom stereocenters. The second-order valence-corrected chi connectivity index (χ2v) is 5.30. The van der Waals surface area contributed by atoms with Crippen LogP contribution in [0.15, 0.2) is 54.6 Å². The van der Waals surface area contributed by atoms with Gasteiger partial charge in [-0.25, -0.2) is 0 Å². The van der Waals surface area contributed by atoms with E-state index in [1.807, 2.05) is 0 Å². The van der Waals surface area contributed by atoms with Crippen molar-refractivity contribution in [1.29, 1.82) is 0 Å². The van der Waals surface area contributed by atoms with Crippen LogP contribution in [0, 0.1) is 0 Å². The van der Waals surface area contributed by atoms with Gasteiger partial charge in [0, 0.05) is 6.04 Å². The summed E-state index contributed by atoms with van der Waals surface area (Å²) < 4.78 is 0. The Morgan fingerprint density at radius 1 is 0.850 bits per heavy atom. The lowest BCUT2D eigenvalue weighted by atomic mass is 9.98. The van der Waals surface area contributed by atoms with E-state index in [9.17, 15) is 0 Å². The van der Waals surface area contributed by atoms with Gasteiger partial charge in [-0.3, -0.25) is 0 Å². The molecule has 0 saturated carbocycles. The fraction of sp³-hybridized carbons (Fsp3) is 0.368. The van der Waals surface area contributed by atoms with Gasteiger partial charge in [0.05, 0.1) is 0 Å². The van der Waals surface area contributed by atoms with Crippen LogP contribution >= 0.6 is 0 Å². The average Bonchev–Trinajstić information content (AvgIpc) is 2.49. The molecule has 0 saturated heterocycles. The molecular formula is C19H25N. The van der Waals surface area contributed by atoms with Gasteiger partial charge in [-0.05, 0) is 36.1 Å². The van der Waals surface area contributed by atoms with E-state index in [1.54, 1.807) is 0 Å². The standard InChI is InChI=1S/C19H25N/c1-3-8-19(20-4-2)18-13-11-17(12-14-18)15-16-9-6-5-7-10-16/h5-7,9-14,19-20H,3-4,8,15H2,1-2H3. The van der Waals surface area contributed by atoms with E-state index in [0.717, 1.165) is 13.0 Å². The first-order valence-electron chi connectivity index (χ1n) is 7.69. The molecule has 0 fully saturated rings. The van der Waals surface area contributed by atoms with Crippen LogP contribution in [-0.4, -0.2) is 6.54 Å². The van der Waals surface area contributed by atoms with Crippen molar-refractivity contribution in [3.8, 4) is 0 Å². The molecule has 106 valence electrons. The molecule has 0 aliphatic rings. The van der Waals surface area contributed by atoms with Gasteiger partial charge >= 0.3 is 0 Å². The summed E-state index contributed by atoms with van der Waals surface area (Å²) >= 11 is 0. The Morgan fingerprint density at radius 3 is 2.10 bits per heavy atom. The largest absolute Gasteiger partial charge is 0.310 e. The van der Waals surface area contributed by atoms with Crippen molar-refractivity contribution in [3.05, 3.63) is 71.3 Å². The molecular weight excluding hydrogens is 242 g/mol. The van der Waals surface area contributed by atoms with Crippen molar-refractivity contribution in [1.82, 2.24) is 5.32 Å². The lowest BCUT2D eigenvalue weighted by Gasteiger charge is -2.18. The summed E-state index contributed by atoms with van der Waals surface area (Å²) in [6.07, 6.45) is 3.43. The number of hydrogen-bond donors (Lipinski definition) is 1. The van der Waals surface area contributed by atoms with E-state index < -0.39 is 0 Å². The van der Waals surface area contributed by atoms with Gasteiger partial charge in [0.15, 0.2) is 0 Å². The van der Waals surface area contributed by atoms with E-state index in [2.05, 4.69) is 73.8 Å². The summed E-state index contributed by atoms with van der Waals surface area (Å²) in [6, 6.07) is 20.2. The minimum Gasteiger partial charge on any atom is -0.310 e. The Bertz CT molecular complexity index is 481. The Kier molecular flexibility index (Phi) is 5.82. The molecule has 1 N–H and O–H groups in total. The molecule has 0 heterocycles. The molecule has 0 amide bonds. The topological polar surface area (TPSA) is 12.0 Å². The van der Waals surface area contributed by atoms with E-state index in [4.69, 9.17) is 0 Å². The molecule has 2 aromatic rings. The average molecular weight is 267 g/mol. The molecule has 1 nitrogen and oxygen atoms in total. The summed E-state index contributed by atoms with van der Waals surface area (Å²) in [5, 5.41) is 3.57. The SMILES string of the molecule is CCCC(NCC)c1ccc(Cc2ccccc2)cc1. The smallest absolute Gasteiger partial charge is 0.0320 e. The zero-order valence-corrected chi connectivity index (χ0v) is 12.6. The Balaban J connectivity index is 2.05. The van der Waals surface area contributed by atoms with Crippen LogP contribution in [0.1, 0.15) is 49.4 Å². The molecule has 0 bridgehead atoms. The highest BCUT2D eigenvalue weighted by atomic mass is 14.9. The van der Waals surface area contributed by atoms with Gasteiger partial charge in [0.2, 0.25) is 0 Å². The van der Waals surface area contributed by atoms with Crippen molar-refractivity contribution in [2.24, 2.45) is 0 Å². The van der Waals surface area contributed by atoms with E-state index in [1.165, 1.54) is 29.5 Å². The van der Waals surface area contributed by atoms with E-state index in [-0.39, 0.29) is 0 Å². The molecule has 2 aromatic carbocycles. The molecule has 20 heavy (non-hydrogen) atoms. The van der Waals surface area contributed by atoms with Gasteiger partial charge in [-0.2, -0.15) is 0 Å². The third kappa shape index (κ3) is 4.21. The lowest BCUT2D eigenvalue weighted by molar-refractivity contribution is 0.509. The Hall–Kier alpha value is -1.60. The molecule has 0 aromatic heterocycles. The highest BCUT2D eigenvalue weighted by Gasteiger charge is 2.08. The van der Waals surface area contributed by atoms with Crippen LogP contribution in [-0.2, 0) is 6.42 Å². The maximum atomic E-state index is 3.57. The van der Waals surface area contributed by atoms with Crippen LogP contribution < -0.4 is 5.32 Å². The van der Waals surface area contributed by atoms with Crippen molar-refractivity contribution < 1.29 is 0 Å². The monoisotopic (exact) mass is 267 g/mol. The van der Waals surface area contributed by atoms with Crippen LogP contribution in [0.2, 0.25) is 0 Å². The number of benzene rings is 2. The minimum absolute atomic E-state index is 0.496. The molecule has 0 aliphatic heterocycles. The maximum absolute atomic E-state index is 3.57. The zero-order valence-electron chi connectivity index (χ0n) is 12.6. The van der Waals surface area contributed by atoms with Gasteiger partial charge in [-0.15, -0.1) is 0 Å². The third-order valence-electron chi connectivity index (χ3n) is 3.66. The molecule has 0 spiro atoms. The van der Waals surface area contributed by atoms with E-state index in [0.29, 0.717) is 6.04 Å². The second kappa shape index (κ2) is 7.86. The number of nitrogens with one attached hydrogen (secondary N) is 1. The van der Waals surface area contributed by atoms with Gasteiger partial charge in [-0.1, -0.05) is 74.9 Å². The molecule has 0 aliphatic carbocycles. The molecule has 1 atom stereocenters. The summed E-state index contributed by atoms with van der Waals surface area (Å²) in [5.41, 5.74) is 4.16. The lowest BCUT2D eigenvalue weighted by Crippen LogP contribution is -2.20. The fourth-order valence-electron chi connectivity index (χ4n) is 2.62. The van der Waals surface area contributed by atoms with Gasteiger partial charge in [0.25, 0.3) is 0 Å². The summed E-state index contributed by atoms with van der Waals surface area (Å²) in [6.45, 7) is 5.44.